The normalized spacial score (nSPS) is 10.2. The Morgan fingerprint density at radius 3 is 2.25 bits per heavy atom. The summed E-state index contributed by atoms with van der Waals surface area (Å²) in [6, 6.07) is 6.64. The largest absolute Gasteiger partial charge is 0.493 e. The summed E-state index contributed by atoms with van der Waals surface area (Å²) in [4.78, 5) is 11.1. The Labute approximate surface area is 114 Å². The maximum absolute atomic E-state index is 13.3. The zero-order valence-electron chi connectivity index (χ0n) is 10.9. The molecule has 0 aliphatic rings. The van der Waals surface area contributed by atoms with Crippen molar-refractivity contribution in [3.05, 3.63) is 47.5 Å². The number of hydrogen-bond donors (Lipinski definition) is 0. The van der Waals surface area contributed by atoms with Crippen molar-refractivity contribution in [3.63, 3.8) is 0 Å². The molecule has 0 atom stereocenters. The second kappa shape index (κ2) is 5.69. The van der Waals surface area contributed by atoms with Crippen molar-refractivity contribution >= 4 is 6.29 Å². The molecule has 104 valence electrons. The van der Waals surface area contributed by atoms with Gasteiger partial charge in [0.25, 0.3) is 0 Å². The Kier molecular flexibility index (Phi) is 3.98. The van der Waals surface area contributed by atoms with Crippen LogP contribution in [-0.2, 0) is 0 Å². The van der Waals surface area contributed by atoms with Crippen LogP contribution in [0.15, 0.2) is 30.3 Å². The third kappa shape index (κ3) is 2.47. The van der Waals surface area contributed by atoms with Crippen LogP contribution in [0.2, 0.25) is 0 Å². The molecule has 0 bridgehead atoms. The fourth-order valence-corrected chi connectivity index (χ4v) is 1.92. The molecule has 0 saturated carbocycles. The second-order valence-electron chi connectivity index (χ2n) is 4.05. The van der Waals surface area contributed by atoms with Gasteiger partial charge in [0.15, 0.2) is 29.4 Å². The number of aldehydes is 1. The van der Waals surface area contributed by atoms with E-state index in [1.807, 2.05) is 0 Å². The van der Waals surface area contributed by atoms with Gasteiger partial charge in [-0.2, -0.15) is 0 Å². The molecule has 2 aromatic rings. The fraction of sp³-hybridized carbons (Fsp3) is 0.133. The highest BCUT2D eigenvalue weighted by molar-refractivity contribution is 5.85. The van der Waals surface area contributed by atoms with E-state index >= 15 is 0 Å². The quantitative estimate of drug-likeness (QED) is 0.803. The predicted molar refractivity (Wildman–Crippen MR) is 70.3 cm³/mol. The van der Waals surface area contributed by atoms with Crippen LogP contribution >= 0.6 is 0 Å². The van der Waals surface area contributed by atoms with Crippen molar-refractivity contribution in [1.82, 2.24) is 0 Å². The first-order valence-corrected chi connectivity index (χ1v) is 5.77. The van der Waals surface area contributed by atoms with Crippen LogP contribution in [0.25, 0.3) is 11.1 Å². The Balaban J connectivity index is 2.62. The number of halogens is 2. The molecule has 0 aromatic heterocycles. The smallest absolute Gasteiger partial charge is 0.171 e. The Morgan fingerprint density at radius 1 is 0.950 bits per heavy atom. The first-order valence-electron chi connectivity index (χ1n) is 5.77. The van der Waals surface area contributed by atoms with Gasteiger partial charge in [-0.3, -0.25) is 4.79 Å². The van der Waals surface area contributed by atoms with Gasteiger partial charge in [-0.25, -0.2) is 8.78 Å². The molecule has 2 aromatic carbocycles. The lowest BCUT2D eigenvalue weighted by Crippen LogP contribution is -1.96. The number of hydrogen-bond acceptors (Lipinski definition) is 3. The van der Waals surface area contributed by atoms with Gasteiger partial charge >= 0.3 is 0 Å². The van der Waals surface area contributed by atoms with Crippen molar-refractivity contribution in [2.75, 3.05) is 14.2 Å². The molecule has 0 aliphatic heterocycles. The number of rotatable bonds is 4. The van der Waals surface area contributed by atoms with Crippen LogP contribution < -0.4 is 9.47 Å². The van der Waals surface area contributed by atoms with E-state index in [2.05, 4.69) is 0 Å². The molecule has 0 saturated heterocycles. The minimum absolute atomic E-state index is 0.270. The standard InChI is InChI=1S/C15H12F2O3/c1-19-14-7-10(5-11(8-18)15(14)20-2)9-3-4-12(16)13(17)6-9/h3-8H,1-2H3. The molecule has 0 unspecified atom stereocenters. The van der Waals surface area contributed by atoms with Crippen molar-refractivity contribution < 1.29 is 23.0 Å². The molecule has 0 spiro atoms. The first kappa shape index (κ1) is 14.0. The van der Waals surface area contributed by atoms with Crippen molar-refractivity contribution in [2.45, 2.75) is 0 Å². The molecule has 20 heavy (non-hydrogen) atoms. The highest BCUT2D eigenvalue weighted by Gasteiger charge is 2.14. The van der Waals surface area contributed by atoms with Crippen LogP contribution in [0, 0.1) is 11.6 Å². The minimum Gasteiger partial charge on any atom is -0.493 e. The summed E-state index contributed by atoms with van der Waals surface area (Å²) < 4.78 is 36.5. The van der Waals surface area contributed by atoms with Crippen molar-refractivity contribution in [1.29, 1.82) is 0 Å². The first-order chi connectivity index (χ1) is 9.60. The molecule has 0 aliphatic carbocycles. The lowest BCUT2D eigenvalue weighted by molar-refractivity contribution is 0.112. The number of ether oxygens (including phenoxy) is 2. The Morgan fingerprint density at radius 2 is 1.70 bits per heavy atom. The summed E-state index contributed by atoms with van der Waals surface area (Å²) in [5.74, 6) is -1.24. The monoisotopic (exact) mass is 278 g/mol. The lowest BCUT2D eigenvalue weighted by Gasteiger charge is -2.12. The van der Waals surface area contributed by atoms with E-state index in [1.165, 1.54) is 26.4 Å². The Hall–Kier alpha value is -2.43. The maximum Gasteiger partial charge on any atom is 0.171 e. The summed E-state index contributed by atoms with van der Waals surface area (Å²) in [6.45, 7) is 0. The van der Waals surface area contributed by atoms with Gasteiger partial charge in [0.2, 0.25) is 0 Å². The van der Waals surface area contributed by atoms with Gasteiger partial charge in [-0.15, -0.1) is 0 Å². The van der Waals surface area contributed by atoms with E-state index in [9.17, 15) is 13.6 Å². The minimum atomic E-state index is -0.954. The molecular formula is C15H12F2O3. The third-order valence-corrected chi connectivity index (χ3v) is 2.89. The van der Waals surface area contributed by atoms with Gasteiger partial charge in [0.1, 0.15) is 0 Å². The molecule has 0 radical (unpaired) electrons. The summed E-state index contributed by atoms with van der Waals surface area (Å²) >= 11 is 0. The average Bonchev–Trinajstić information content (AvgIpc) is 2.48. The molecule has 3 nitrogen and oxygen atoms in total. The van der Waals surface area contributed by atoms with E-state index in [-0.39, 0.29) is 5.56 Å². The van der Waals surface area contributed by atoms with Crippen molar-refractivity contribution in [3.8, 4) is 22.6 Å². The SMILES string of the molecule is COc1cc(-c2ccc(F)c(F)c2)cc(C=O)c1OC. The fourth-order valence-electron chi connectivity index (χ4n) is 1.92. The average molecular weight is 278 g/mol. The highest BCUT2D eigenvalue weighted by Crippen LogP contribution is 2.35. The zero-order chi connectivity index (χ0) is 14.7. The van der Waals surface area contributed by atoms with Crippen LogP contribution in [-0.4, -0.2) is 20.5 Å². The van der Waals surface area contributed by atoms with E-state index in [1.54, 1.807) is 6.07 Å². The number of carbonyl (C=O) groups is 1. The van der Waals surface area contributed by atoms with E-state index in [4.69, 9.17) is 9.47 Å². The summed E-state index contributed by atoms with van der Waals surface area (Å²) in [7, 11) is 2.85. The van der Waals surface area contributed by atoms with E-state index in [0.717, 1.165) is 12.1 Å². The summed E-state index contributed by atoms with van der Waals surface area (Å²) in [5.41, 5.74) is 1.24. The molecule has 5 heteroatoms. The number of carbonyl (C=O) groups excluding carboxylic acids is 1. The highest BCUT2D eigenvalue weighted by atomic mass is 19.2. The van der Waals surface area contributed by atoms with Gasteiger partial charge < -0.3 is 9.47 Å². The molecule has 0 N–H and O–H groups in total. The maximum atomic E-state index is 13.3. The summed E-state index contributed by atoms with van der Waals surface area (Å²) in [6.07, 6.45) is 0.616. The molecule has 2 rings (SSSR count). The lowest BCUT2D eigenvalue weighted by atomic mass is 10.0. The predicted octanol–water partition coefficient (Wildman–Crippen LogP) is 3.46. The van der Waals surface area contributed by atoms with Crippen LogP contribution in [0.1, 0.15) is 10.4 Å². The second-order valence-corrected chi connectivity index (χ2v) is 4.05. The molecule has 0 heterocycles. The van der Waals surface area contributed by atoms with E-state index in [0.29, 0.717) is 28.9 Å². The number of methoxy groups -OCH3 is 2. The summed E-state index contributed by atoms with van der Waals surface area (Å²) in [5, 5.41) is 0. The van der Waals surface area contributed by atoms with Gasteiger partial charge in [-0.05, 0) is 35.4 Å². The van der Waals surface area contributed by atoms with Gasteiger partial charge in [0, 0.05) is 0 Å². The van der Waals surface area contributed by atoms with Crippen molar-refractivity contribution in [2.24, 2.45) is 0 Å². The Bertz CT molecular complexity index is 654. The zero-order valence-corrected chi connectivity index (χ0v) is 10.9. The van der Waals surface area contributed by atoms with Crippen LogP contribution in [0.5, 0.6) is 11.5 Å². The number of benzene rings is 2. The van der Waals surface area contributed by atoms with Gasteiger partial charge in [0.05, 0.1) is 19.8 Å². The van der Waals surface area contributed by atoms with Crippen LogP contribution in [0.4, 0.5) is 8.78 Å². The molecule has 0 amide bonds. The molecular weight excluding hydrogens is 266 g/mol. The topological polar surface area (TPSA) is 35.5 Å². The van der Waals surface area contributed by atoms with Gasteiger partial charge in [-0.1, -0.05) is 6.07 Å². The third-order valence-electron chi connectivity index (χ3n) is 2.89. The molecule has 0 fully saturated rings. The van der Waals surface area contributed by atoms with E-state index < -0.39 is 11.6 Å². The van der Waals surface area contributed by atoms with Crippen LogP contribution in [0.3, 0.4) is 0 Å².